The lowest BCUT2D eigenvalue weighted by molar-refractivity contribution is 0.280. The van der Waals surface area contributed by atoms with Crippen molar-refractivity contribution in [3.63, 3.8) is 0 Å². The van der Waals surface area contributed by atoms with Crippen molar-refractivity contribution >= 4 is 121 Å². The number of rotatable bonds is 46. The number of nitrogens with zero attached hydrogens (tertiary/aromatic N) is 7. The summed E-state index contributed by atoms with van der Waals surface area (Å²) in [5, 5.41) is 117. The molecule has 0 atom stereocenters. The van der Waals surface area contributed by atoms with Crippen LogP contribution in [0.1, 0.15) is 84.2 Å². The van der Waals surface area contributed by atoms with Gasteiger partial charge in [-0.2, -0.15) is 0 Å². The maximum atomic E-state index is 9.45. The summed E-state index contributed by atoms with van der Waals surface area (Å²) in [5.41, 5.74) is 31.1. The van der Waals surface area contributed by atoms with Gasteiger partial charge in [0, 0.05) is 186 Å². The van der Waals surface area contributed by atoms with Crippen LogP contribution in [0.15, 0.2) is 243 Å². The summed E-state index contributed by atoms with van der Waals surface area (Å²) in [6.45, 7) is 12.0. The zero-order chi connectivity index (χ0) is 92.5. The molecule has 21 nitrogen and oxygen atoms in total. The van der Waals surface area contributed by atoms with Crippen LogP contribution in [0.2, 0.25) is 30.1 Å². The number of anilines is 7. The van der Waals surface area contributed by atoms with Gasteiger partial charge >= 0.3 is 0 Å². The maximum absolute atomic E-state index is 9.45. The molecule has 0 unspecified atom stereocenters. The van der Waals surface area contributed by atoms with Gasteiger partial charge in [0.15, 0.2) is 0 Å². The Bertz CT molecular complexity index is 4620. The van der Waals surface area contributed by atoms with E-state index in [-0.39, 0.29) is 91.1 Å². The van der Waals surface area contributed by atoms with Gasteiger partial charge in [0.25, 0.3) is 0 Å². The Hall–Kier alpha value is -8.51. The molecule has 28 heteroatoms. The summed E-state index contributed by atoms with van der Waals surface area (Å²) in [4.78, 5) is 12.7. The summed E-state index contributed by atoms with van der Waals surface area (Å²) in [5.74, 6) is -0.322. The highest BCUT2D eigenvalue weighted by Crippen LogP contribution is 2.46. The van der Waals surface area contributed by atoms with Crippen LogP contribution in [0.4, 0.5) is 39.8 Å². The first-order valence-corrected chi connectivity index (χ1v) is 45.5. The fourth-order valence-electron chi connectivity index (χ4n) is 15.6. The minimum absolute atomic E-state index is 0.0120. The number of aliphatic hydroxyl groups excluding tert-OH is 12. The van der Waals surface area contributed by atoms with E-state index in [1.807, 2.05) is 199 Å². The molecule has 0 spiro atoms. The average Bonchev–Trinajstić information content (AvgIpc) is 0.758. The zero-order valence-electron chi connectivity index (χ0n) is 72.6. The number of halogens is 7. The van der Waals surface area contributed by atoms with Crippen LogP contribution in [-0.2, 0) is 11.3 Å². The van der Waals surface area contributed by atoms with Crippen molar-refractivity contribution in [2.24, 2.45) is 11.5 Å². The van der Waals surface area contributed by atoms with Crippen LogP contribution in [0.5, 0.6) is 0 Å². The molecule has 11 rings (SSSR count). The Kier molecular flexibility index (Phi) is 45.6. The second kappa shape index (κ2) is 55.6. The molecule has 11 aromatic carbocycles. The Morgan fingerprint density at radius 2 is 0.453 bits per heavy atom. The second-order valence-electron chi connectivity index (χ2n) is 30.4. The predicted molar refractivity (Wildman–Crippen MR) is 529 cm³/mol. The van der Waals surface area contributed by atoms with Gasteiger partial charge < -0.3 is 107 Å². The second-order valence-corrected chi connectivity index (χ2v) is 33.5. The van der Waals surface area contributed by atoms with Gasteiger partial charge in [0.05, 0.1) is 79.3 Å². The number of alkyl halides is 1. The molecule has 0 saturated heterocycles. The third-order valence-corrected chi connectivity index (χ3v) is 24.3. The first-order valence-electron chi connectivity index (χ1n) is 42.8. The van der Waals surface area contributed by atoms with Gasteiger partial charge in [-0.15, -0.1) is 11.6 Å². The topological polar surface area (TPSA) is 317 Å². The van der Waals surface area contributed by atoms with E-state index in [9.17, 15) is 61.3 Å². The van der Waals surface area contributed by atoms with Gasteiger partial charge in [0.1, 0.15) is 4.87 Å². The summed E-state index contributed by atoms with van der Waals surface area (Å²) in [6.07, 6.45) is 0.908. The standard InChI is InChI=1S/C29H37ClN2O4.C27H31Cl3N2O4.C27H32Cl2N2O4.C17H22ClN3/c1-21-19-25(31(11-15-33)12-16-34)7-9-27(21)29(23-3-5-24(30)6-4-23)28-10-8-26(20-22(28)2)32(13-17-35)14-18-36;28-20-3-1-19(2-4-20)27(23-7-5-21(17-25(23)29)31(9-13-33)10-14-34)24-8-6-22(18-26(24)30)32(11-15-35)12-16-36;28-24-7-1-21(2-8-24)27(29,22-3-9-25(10-4-22)30(13-17-32)14-18-33)23-5-11-26(12-6-23)31(15-19-34)16-20-35;18-16-5-1-14(2-6-16)13-15-3-7-17(8-4-15)21(11-9-19)12-10-20/h3-10,19-20,29,33-36H,11-18H2,1-2H3;1-8,17-18,27,33-36H,9-16H2;1-12,32-35H,13-20H2;1-8H,9-13,19-20H2. The van der Waals surface area contributed by atoms with E-state index < -0.39 is 4.87 Å². The fourth-order valence-corrected chi connectivity index (χ4v) is 17.1. The smallest absolute Gasteiger partial charge is 0.119 e. The van der Waals surface area contributed by atoms with E-state index in [2.05, 4.69) is 91.5 Å². The normalized spacial score (nSPS) is 11.2. The van der Waals surface area contributed by atoms with Crippen LogP contribution in [0.3, 0.4) is 0 Å². The maximum Gasteiger partial charge on any atom is 0.119 e. The Morgan fingerprint density at radius 3 is 0.711 bits per heavy atom. The summed E-state index contributed by atoms with van der Waals surface area (Å²) >= 11 is 45.5. The molecule has 0 saturated carbocycles. The van der Waals surface area contributed by atoms with Gasteiger partial charge in [0.2, 0.25) is 0 Å². The average molecular weight is 1890 g/mol. The Morgan fingerprint density at radius 1 is 0.250 bits per heavy atom. The molecular weight excluding hydrogens is 1770 g/mol. The van der Waals surface area contributed by atoms with Crippen LogP contribution < -0.4 is 45.8 Å². The van der Waals surface area contributed by atoms with Crippen LogP contribution in [-0.4, -0.2) is 245 Å². The first-order chi connectivity index (χ1) is 62.0. The monoisotopic (exact) mass is 1890 g/mol. The van der Waals surface area contributed by atoms with Crippen LogP contribution in [0.25, 0.3) is 0 Å². The molecule has 11 aromatic rings. The van der Waals surface area contributed by atoms with Gasteiger partial charge in [-0.05, 0) is 226 Å². The van der Waals surface area contributed by atoms with E-state index >= 15 is 0 Å². The number of aryl methyl sites for hydroxylation is 2. The van der Waals surface area contributed by atoms with Crippen molar-refractivity contribution < 1.29 is 61.3 Å². The number of hydrogen-bond acceptors (Lipinski definition) is 21. The lowest BCUT2D eigenvalue weighted by atomic mass is 9.81. The molecule has 0 aliphatic rings. The third-order valence-electron chi connectivity index (χ3n) is 21.9. The summed E-state index contributed by atoms with van der Waals surface area (Å²) in [6, 6.07) is 79.0. The summed E-state index contributed by atoms with van der Waals surface area (Å²) in [7, 11) is 0. The number of aliphatic hydroxyl groups is 12. The summed E-state index contributed by atoms with van der Waals surface area (Å²) < 4.78 is 0. The van der Waals surface area contributed by atoms with E-state index in [4.69, 9.17) is 92.7 Å². The quantitative estimate of drug-likeness (QED) is 0.0125. The van der Waals surface area contributed by atoms with Gasteiger partial charge in [-0.25, -0.2) is 0 Å². The molecule has 0 heterocycles. The first kappa shape index (κ1) is 105. The van der Waals surface area contributed by atoms with E-state index in [1.165, 1.54) is 16.8 Å². The van der Waals surface area contributed by atoms with Crippen molar-refractivity contribution in [2.75, 3.05) is 218 Å². The lowest BCUT2D eigenvalue weighted by Crippen LogP contribution is -2.33. The SMILES string of the molecule is Cc1cc(N(CCO)CCO)ccc1C(c1ccc(Cl)cc1)c1ccc(N(CCO)CCO)cc1C.NCCN(CCN)c1ccc(Cc2ccc(Cl)cc2)cc1.OCCN(CCO)c1ccc(C(Cl)(c2ccc(Cl)cc2)c2ccc(N(CCO)CCO)cc2)cc1.OCCN(CCO)c1ccc(C(c2ccc(Cl)cc2)c2ccc(N(CCO)CCO)cc2Cl)c(Cl)c1. The molecule has 128 heavy (non-hydrogen) atoms. The number of hydrogen-bond donors (Lipinski definition) is 14. The van der Waals surface area contributed by atoms with Crippen LogP contribution in [0, 0.1) is 13.8 Å². The lowest BCUT2D eigenvalue weighted by Gasteiger charge is -2.31. The minimum atomic E-state index is -1.00. The highest BCUT2D eigenvalue weighted by atomic mass is 35.5. The van der Waals surface area contributed by atoms with E-state index in [1.54, 1.807) is 0 Å². The van der Waals surface area contributed by atoms with Crippen molar-refractivity contribution in [3.05, 3.63) is 345 Å². The van der Waals surface area contributed by atoms with Crippen molar-refractivity contribution in [3.8, 4) is 0 Å². The van der Waals surface area contributed by atoms with E-state index in [0.717, 1.165) is 120 Å². The predicted octanol–water partition coefficient (Wildman–Crippen LogP) is 14.2. The minimum Gasteiger partial charge on any atom is -0.395 e. The molecule has 0 radical (unpaired) electrons. The third kappa shape index (κ3) is 30.3. The molecule has 0 aromatic heterocycles. The van der Waals surface area contributed by atoms with Crippen LogP contribution >= 0.6 is 81.2 Å². The van der Waals surface area contributed by atoms with Crippen molar-refractivity contribution in [2.45, 2.75) is 37.0 Å². The molecule has 0 amide bonds. The molecule has 16 N–H and O–H groups in total. The van der Waals surface area contributed by atoms with Crippen molar-refractivity contribution in [1.29, 1.82) is 0 Å². The van der Waals surface area contributed by atoms with Gasteiger partial charge in [-0.3, -0.25) is 0 Å². The molecule has 0 aliphatic carbocycles. The zero-order valence-corrected chi connectivity index (χ0v) is 77.8. The van der Waals surface area contributed by atoms with E-state index in [0.29, 0.717) is 117 Å². The number of nitrogens with two attached hydrogens (primary N) is 2. The molecule has 0 bridgehead atoms. The highest BCUT2D eigenvalue weighted by Gasteiger charge is 2.35. The molecule has 0 fully saturated rings. The largest absolute Gasteiger partial charge is 0.395 e. The molecule has 0 aliphatic heterocycles. The van der Waals surface area contributed by atoms with Crippen molar-refractivity contribution in [1.82, 2.24) is 0 Å². The fraction of sp³-hybridized carbons (Fsp3) is 0.340. The van der Waals surface area contributed by atoms with Gasteiger partial charge in [-0.1, -0.05) is 179 Å². The Labute approximate surface area is 788 Å². The molecular formula is C100H122Cl7N9O12. The highest BCUT2D eigenvalue weighted by molar-refractivity contribution is 6.33. The molecule has 688 valence electrons. The number of benzene rings is 11. The Balaban J connectivity index is 0.000000214.